The van der Waals surface area contributed by atoms with Crippen molar-refractivity contribution >= 4 is 44.8 Å². The van der Waals surface area contributed by atoms with E-state index >= 15 is 0 Å². The number of anilines is 2. The Labute approximate surface area is 229 Å². The Bertz CT molecular complexity index is 1580. The number of aromatic nitrogens is 2. The largest absolute Gasteiger partial charge is 0.395 e. The fourth-order valence-electron chi connectivity index (χ4n) is 4.97. The molecule has 0 aliphatic heterocycles. The van der Waals surface area contributed by atoms with Crippen LogP contribution in [0.1, 0.15) is 20.8 Å². The van der Waals surface area contributed by atoms with Crippen molar-refractivity contribution in [1.82, 2.24) is 4.98 Å². The summed E-state index contributed by atoms with van der Waals surface area (Å²) in [5.74, 6) is 0. The van der Waals surface area contributed by atoms with Crippen molar-refractivity contribution < 1.29 is 9.67 Å². The van der Waals surface area contributed by atoms with Crippen LogP contribution in [0.5, 0.6) is 0 Å². The standard InChI is InChI=1S/C32H35N6O/c1-4-36(5-2)28-17-19-30-32(23-28)38(27-10-8-7-9-11-27)31-22-25(14-18-29(31)33-30)35-34-24-12-15-26(16-13-24)37(6-3)20-21-39/h7-19,22-23,39H,4-6,20-21H2,1-3H3/q+1. The van der Waals surface area contributed by atoms with Gasteiger partial charge in [0.25, 0.3) is 0 Å². The first-order valence-electron chi connectivity index (χ1n) is 13.6. The van der Waals surface area contributed by atoms with Crippen LogP contribution in [0.25, 0.3) is 27.8 Å². The highest BCUT2D eigenvalue weighted by Crippen LogP contribution is 2.27. The minimum absolute atomic E-state index is 0.126. The van der Waals surface area contributed by atoms with Crippen molar-refractivity contribution in [2.45, 2.75) is 20.8 Å². The Morgan fingerprint density at radius 3 is 1.92 bits per heavy atom. The fourth-order valence-corrected chi connectivity index (χ4v) is 4.97. The first-order valence-corrected chi connectivity index (χ1v) is 13.6. The Morgan fingerprint density at radius 1 is 0.667 bits per heavy atom. The minimum atomic E-state index is 0.126. The number of nitrogens with zero attached hydrogens (tertiary/aromatic N) is 6. The SMILES string of the molecule is CCN(CC)c1ccc2nc3ccc(/N=N/c4ccc(N(CC)CCO)cc4)cc3[n+](-c3ccccc3)c2c1. The number of benzene rings is 4. The molecule has 7 heteroatoms. The van der Waals surface area contributed by atoms with Crippen LogP contribution in [-0.2, 0) is 0 Å². The summed E-state index contributed by atoms with van der Waals surface area (Å²) in [7, 11) is 0. The van der Waals surface area contributed by atoms with Gasteiger partial charge in [-0.15, -0.1) is 4.57 Å². The van der Waals surface area contributed by atoms with E-state index < -0.39 is 0 Å². The van der Waals surface area contributed by atoms with Crippen molar-refractivity contribution in [2.75, 3.05) is 42.6 Å². The Hall–Kier alpha value is -4.36. The highest BCUT2D eigenvalue weighted by molar-refractivity contribution is 5.85. The lowest BCUT2D eigenvalue weighted by Gasteiger charge is -2.21. The van der Waals surface area contributed by atoms with Gasteiger partial charge in [0.2, 0.25) is 16.7 Å². The number of hydrogen-bond donors (Lipinski definition) is 1. The molecule has 0 aliphatic carbocycles. The zero-order chi connectivity index (χ0) is 27.2. The number of azo groups is 1. The lowest BCUT2D eigenvalue weighted by molar-refractivity contribution is -0.538. The van der Waals surface area contributed by atoms with Crippen molar-refractivity contribution in [3.05, 3.63) is 91.0 Å². The van der Waals surface area contributed by atoms with Crippen LogP contribution in [0, 0.1) is 0 Å². The van der Waals surface area contributed by atoms with Crippen molar-refractivity contribution in [2.24, 2.45) is 10.2 Å². The van der Waals surface area contributed by atoms with Gasteiger partial charge in [-0.2, -0.15) is 10.2 Å². The third kappa shape index (κ3) is 5.59. The van der Waals surface area contributed by atoms with Crippen LogP contribution in [0.2, 0.25) is 0 Å². The maximum absolute atomic E-state index is 9.30. The molecule has 1 N–H and O–H groups in total. The van der Waals surface area contributed by atoms with Crippen LogP contribution in [0.4, 0.5) is 22.7 Å². The lowest BCUT2D eigenvalue weighted by Crippen LogP contribution is -2.33. The normalized spacial score (nSPS) is 11.5. The predicted octanol–water partition coefficient (Wildman–Crippen LogP) is 6.74. The Kier molecular flexibility index (Phi) is 8.08. The number of para-hydroxylation sites is 1. The molecule has 0 saturated carbocycles. The predicted molar refractivity (Wildman–Crippen MR) is 160 cm³/mol. The van der Waals surface area contributed by atoms with Crippen LogP contribution >= 0.6 is 0 Å². The Morgan fingerprint density at radius 2 is 1.26 bits per heavy atom. The van der Waals surface area contributed by atoms with Gasteiger partial charge in [0, 0.05) is 61.8 Å². The van der Waals surface area contributed by atoms with Crippen LogP contribution < -0.4 is 14.4 Å². The molecule has 0 unspecified atom stereocenters. The molecule has 39 heavy (non-hydrogen) atoms. The molecule has 7 nitrogen and oxygen atoms in total. The second-order valence-corrected chi connectivity index (χ2v) is 9.32. The van der Waals surface area contributed by atoms with E-state index in [1.807, 2.05) is 42.5 Å². The van der Waals surface area contributed by atoms with E-state index in [1.165, 1.54) is 5.69 Å². The molecule has 198 valence electrons. The fraction of sp³-hybridized carbons (Fsp3) is 0.250. The molecule has 1 heterocycles. The minimum Gasteiger partial charge on any atom is -0.395 e. The second-order valence-electron chi connectivity index (χ2n) is 9.32. The summed E-state index contributed by atoms with van der Waals surface area (Å²) >= 11 is 0. The van der Waals surface area contributed by atoms with Crippen LogP contribution in [-0.4, -0.2) is 42.9 Å². The monoisotopic (exact) mass is 519 g/mol. The summed E-state index contributed by atoms with van der Waals surface area (Å²) in [4.78, 5) is 9.46. The van der Waals surface area contributed by atoms with E-state index in [-0.39, 0.29) is 6.61 Å². The van der Waals surface area contributed by atoms with Gasteiger partial charge in [0.15, 0.2) is 0 Å². The number of aliphatic hydroxyl groups excluding tert-OH is 1. The second kappa shape index (κ2) is 12.0. The van der Waals surface area contributed by atoms with Crippen LogP contribution in [0.15, 0.2) is 101 Å². The zero-order valence-corrected chi connectivity index (χ0v) is 22.8. The van der Waals surface area contributed by atoms with Crippen molar-refractivity contribution in [3.8, 4) is 5.69 Å². The number of likely N-dealkylation sites (N-methyl/N-ethyl adjacent to an activating group) is 1. The zero-order valence-electron chi connectivity index (χ0n) is 22.8. The maximum atomic E-state index is 9.30. The summed E-state index contributed by atoms with van der Waals surface area (Å²) in [6.07, 6.45) is 0. The summed E-state index contributed by atoms with van der Waals surface area (Å²) < 4.78 is 2.26. The molecule has 0 atom stereocenters. The van der Waals surface area contributed by atoms with Gasteiger partial charge in [-0.1, -0.05) is 18.2 Å². The van der Waals surface area contributed by atoms with Crippen molar-refractivity contribution in [1.29, 1.82) is 0 Å². The number of rotatable bonds is 10. The van der Waals surface area contributed by atoms with E-state index in [0.29, 0.717) is 6.54 Å². The summed E-state index contributed by atoms with van der Waals surface area (Å²) in [6.45, 7) is 9.88. The van der Waals surface area contributed by atoms with E-state index in [0.717, 1.165) is 64.5 Å². The van der Waals surface area contributed by atoms with Gasteiger partial charge >= 0.3 is 0 Å². The molecule has 0 bridgehead atoms. The first-order chi connectivity index (χ1) is 19.1. The molecular weight excluding hydrogens is 484 g/mol. The van der Waals surface area contributed by atoms with Gasteiger partial charge in [-0.3, -0.25) is 0 Å². The topological polar surface area (TPSA) is 68.2 Å². The van der Waals surface area contributed by atoms with E-state index in [9.17, 15) is 5.11 Å². The summed E-state index contributed by atoms with van der Waals surface area (Å²) in [6, 6.07) is 30.8. The van der Waals surface area contributed by atoms with Crippen molar-refractivity contribution in [3.63, 3.8) is 0 Å². The third-order valence-electron chi connectivity index (χ3n) is 7.03. The van der Waals surface area contributed by atoms with Gasteiger partial charge in [-0.25, -0.2) is 4.98 Å². The first kappa shape index (κ1) is 26.3. The van der Waals surface area contributed by atoms with Gasteiger partial charge in [-0.05, 0) is 69.3 Å². The average molecular weight is 520 g/mol. The third-order valence-corrected chi connectivity index (χ3v) is 7.03. The van der Waals surface area contributed by atoms with Gasteiger partial charge in [0.1, 0.15) is 11.0 Å². The van der Waals surface area contributed by atoms with Crippen LogP contribution in [0.3, 0.4) is 0 Å². The molecule has 0 spiro atoms. The number of hydrogen-bond acceptors (Lipinski definition) is 6. The van der Waals surface area contributed by atoms with E-state index in [2.05, 4.69) is 93.9 Å². The molecule has 0 fully saturated rings. The molecule has 4 aromatic carbocycles. The summed E-state index contributed by atoms with van der Waals surface area (Å²) in [5.41, 5.74) is 8.70. The molecule has 0 radical (unpaired) electrons. The van der Waals surface area contributed by atoms with Gasteiger partial charge in [0.05, 0.1) is 18.0 Å². The molecule has 0 aliphatic rings. The summed E-state index contributed by atoms with van der Waals surface area (Å²) in [5, 5.41) is 18.4. The van der Waals surface area contributed by atoms with E-state index in [1.54, 1.807) is 0 Å². The molecular formula is C32H35N6O+. The van der Waals surface area contributed by atoms with Gasteiger partial charge < -0.3 is 14.9 Å². The van der Waals surface area contributed by atoms with E-state index in [4.69, 9.17) is 4.98 Å². The molecule has 0 amide bonds. The average Bonchev–Trinajstić information content (AvgIpc) is 2.99. The number of fused-ring (bicyclic) bond motifs is 2. The smallest absolute Gasteiger partial charge is 0.239 e. The lowest BCUT2D eigenvalue weighted by atomic mass is 10.1. The Balaban J connectivity index is 1.58. The molecule has 5 rings (SSSR count). The number of aliphatic hydroxyl groups is 1. The quantitative estimate of drug-likeness (QED) is 0.126. The highest BCUT2D eigenvalue weighted by Gasteiger charge is 2.21. The molecule has 0 saturated heterocycles. The molecule has 1 aromatic heterocycles. The maximum Gasteiger partial charge on any atom is 0.239 e. The molecule has 5 aromatic rings. The highest BCUT2D eigenvalue weighted by atomic mass is 16.3.